The van der Waals surface area contributed by atoms with Gasteiger partial charge in [-0.25, -0.2) is 0 Å². The fourth-order valence-corrected chi connectivity index (χ4v) is 2.72. The Hall–Kier alpha value is -3.13. The summed E-state index contributed by atoms with van der Waals surface area (Å²) < 4.78 is 11.0. The molecule has 0 saturated heterocycles. The first-order valence-electron chi connectivity index (χ1n) is 9.58. The molecule has 0 atom stereocenters. The van der Waals surface area contributed by atoms with E-state index in [-0.39, 0.29) is 5.91 Å². The molecule has 2 aromatic rings. The lowest BCUT2D eigenvalue weighted by atomic mass is 10.1. The fourth-order valence-electron chi connectivity index (χ4n) is 2.72. The van der Waals surface area contributed by atoms with Gasteiger partial charge < -0.3 is 25.2 Å². The molecule has 164 valence electrons. The summed E-state index contributed by atoms with van der Waals surface area (Å²) in [4.78, 5) is 28.1. The number of carboxylic acids is 1. The van der Waals surface area contributed by atoms with Crippen LogP contribution in [0.15, 0.2) is 30.3 Å². The summed E-state index contributed by atoms with van der Waals surface area (Å²) in [6.45, 7) is 6.47. The first kappa shape index (κ1) is 24.9. The van der Waals surface area contributed by atoms with Crippen LogP contribution < -0.4 is 15.2 Å². The smallest absolute Gasteiger partial charge is 0.300 e. The van der Waals surface area contributed by atoms with Crippen molar-refractivity contribution in [3.05, 3.63) is 52.8 Å². The van der Waals surface area contributed by atoms with Gasteiger partial charge in [0.05, 0.1) is 31.5 Å². The maximum Gasteiger partial charge on any atom is 0.300 e. The number of hydrogen-bond donors (Lipinski definition) is 2. The van der Waals surface area contributed by atoms with Gasteiger partial charge in [0.1, 0.15) is 11.5 Å². The van der Waals surface area contributed by atoms with E-state index >= 15 is 0 Å². The lowest BCUT2D eigenvalue weighted by molar-refractivity contribution is -0.134. The number of carbonyl (C=O) groups is 2. The molecule has 2 rings (SSSR count). The van der Waals surface area contributed by atoms with E-state index < -0.39 is 5.97 Å². The Morgan fingerprint density at radius 2 is 1.87 bits per heavy atom. The average molecular weight is 418 g/mol. The Morgan fingerprint density at radius 3 is 2.43 bits per heavy atom. The van der Waals surface area contributed by atoms with Gasteiger partial charge >= 0.3 is 0 Å². The van der Waals surface area contributed by atoms with Crippen molar-refractivity contribution in [3.63, 3.8) is 0 Å². The second kappa shape index (κ2) is 12.4. The predicted octanol–water partition coefficient (Wildman–Crippen LogP) is 2.80. The molecule has 0 radical (unpaired) electrons. The molecule has 1 heterocycles. The van der Waals surface area contributed by atoms with Gasteiger partial charge in [0, 0.05) is 19.7 Å². The lowest BCUT2D eigenvalue weighted by Gasteiger charge is -2.20. The highest BCUT2D eigenvalue weighted by Crippen LogP contribution is 2.26. The number of aryl methyl sites for hydroxylation is 2. The zero-order valence-electron chi connectivity index (χ0n) is 18.3. The number of carboxylic acid groups (broad SMARTS) is 1. The number of aliphatic carboxylic acids is 1. The number of aromatic nitrogens is 1. The van der Waals surface area contributed by atoms with E-state index in [4.69, 9.17) is 25.1 Å². The summed E-state index contributed by atoms with van der Waals surface area (Å²) in [7, 11) is 3.33. The number of nitrogens with two attached hydrogens (primary N) is 1. The minimum Gasteiger partial charge on any atom is -0.497 e. The van der Waals surface area contributed by atoms with Crippen LogP contribution in [-0.4, -0.2) is 54.2 Å². The van der Waals surface area contributed by atoms with Crippen molar-refractivity contribution in [1.29, 1.82) is 0 Å². The van der Waals surface area contributed by atoms with Crippen LogP contribution in [0.3, 0.4) is 0 Å². The van der Waals surface area contributed by atoms with Gasteiger partial charge in [-0.15, -0.1) is 0 Å². The molecule has 1 amide bonds. The molecule has 0 aliphatic heterocycles. The van der Waals surface area contributed by atoms with Crippen molar-refractivity contribution < 1.29 is 24.2 Å². The number of ether oxygens (including phenoxy) is 2. The second-order valence-electron chi connectivity index (χ2n) is 6.81. The van der Waals surface area contributed by atoms with Crippen LogP contribution in [0, 0.1) is 13.8 Å². The van der Waals surface area contributed by atoms with Crippen LogP contribution in [0.25, 0.3) is 0 Å². The minimum atomic E-state index is -0.833. The summed E-state index contributed by atoms with van der Waals surface area (Å²) in [5, 5.41) is 7.42. The van der Waals surface area contributed by atoms with E-state index in [9.17, 15) is 4.79 Å². The van der Waals surface area contributed by atoms with Crippen molar-refractivity contribution in [1.82, 2.24) is 9.88 Å². The highest BCUT2D eigenvalue weighted by molar-refractivity contribution is 5.97. The molecule has 0 saturated carbocycles. The zero-order chi connectivity index (χ0) is 22.7. The molecule has 8 heteroatoms. The molecule has 1 aromatic carbocycles. The normalized spacial score (nSPS) is 9.93. The maximum atomic E-state index is 13.0. The molecule has 30 heavy (non-hydrogen) atoms. The largest absolute Gasteiger partial charge is 0.497 e. The van der Waals surface area contributed by atoms with E-state index in [0.717, 1.165) is 30.3 Å². The standard InChI is InChI=1S/C20H27N3O3.C2H4O2/c1-14-10-15(2)22-16(11-14)13-23(3)20(24)18-12-17(25-4)6-7-19(18)26-9-5-8-21;1-2(3)4/h6-7,10-12H,5,8-9,13,21H2,1-4H3;1H3,(H,3,4). The molecule has 1 aromatic heterocycles. The van der Waals surface area contributed by atoms with E-state index in [1.807, 2.05) is 26.0 Å². The molecule has 3 N–H and O–H groups in total. The fraction of sp³-hybridized carbons (Fsp3) is 0.409. The van der Waals surface area contributed by atoms with Crippen LogP contribution >= 0.6 is 0 Å². The molecule has 0 fully saturated rings. The summed E-state index contributed by atoms with van der Waals surface area (Å²) in [5.41, 5.74) is 8.90. The number of hydrogen-bond acceptors (Lipinski definition) is 6. The summed E-state index contributed by atoms with van der Waals surface area (Å²) in [5.74, 6) is 0.162. The van der Waals surface area contributed by atoms with Gasteiger partial charge in [0.25, 0.3) is 11.9 Å². The zero-order valence-corrected chi connectivity index (χ0v) is 18.3. The van der Waals surface area contributed by atoms with E-state index in [1.54, 1.807) is 37.3 Å². The van der Waals surface area contributed by atoms with Gasteiger partial charge in [0.15, 0.2) is 0 Å². The number of carbonyl (C=O) groups excluding carboxylic acids is 1. The monoisotopic (exact) mass is 417 g/mol. The third-order valence-corrected chi connectivity index (χ3v) is 3.92. The number of benzene rings is 1. The van der Waals surface area contributed by atoms with Gasteiger partial charge in [-0.2, -0.15) is 0 Å². The average Bonchev–Trinajstić information content (AvgIpc) is 2.66. The lowest BCUT2D eigenvalue weighted by Crippen LogP contribution is -2.27. The number of amides is 1. The molecule has 0 bridgehead atoms. The highest BCUT2D eigenvalue weighted by Gasteiger charge is 2.19. The minimum absolute atomic E-state index is 0.146. The van der Waals surface area contributed by atoms with E-state index in [0.29, 0.717) is 36.8 Å². The Kier molecular flexibility index (Phi) is 10.3. The molecule has 0 spiro atoms. The SMILES string of the molecule is CC(=O)O.COc1ccc(OCCCN)c(C(=O)N(C)Cc2cc(C)cc(C)n2)c1. The van der Waals surface area contributed by atoms with Crippen molar-refractivity contribution >= 4 is 11.9 Å². The Bertz CT molecular complexity index is 830. The number of methoxy groups -OCH3 is 1. The highest BCUT2D eigenvalue weighted by atomic mass is 16.5. The quantitative estimate of drug-likeness (QED) is 0.635. The molecule has 0 aliphatic rings. The first-order valence-corrected chi connectivity index (χ1v) is 9.58. The summed E-state index contributed by atoms with van der Waals surface area (Å²) in [6, 6.07) is 9.23. The van der Waals surface area contributed by atoms with Crippen molar-refractivity contribution in [2.45, 2.75) is 33.7 Å². The Morgan fingerprint density at radius 1 is 1.20 bits per heavy atom. The predicted molar refractivity (Wildman–Crippen MR) is 115 cm³/mol. The maximum absolute atomic E-state index is 13.0. The number of pyridine rings is 1. The van der Waals surface area contributed by atoms with Crippen LogP contribution in [0.5, 0.6) is 11.5 Å². The molecular formula is C22H31N3O5. The molecular weight excluding hydrogens is 386 g/mol. The number of nitrogens with zero attached hydrogens (tertiary/aromatic N) is 2. The van der Waals surface area contributed by atoms with Gasteiger partial charge in [0.2, 0.25) is 0 Å². The summed E-state index contributed by atoms with van der Waals surface area (Å²) in [6.07, 6.45) is 0.724. The van der Waals surface area contributed by atoms with Crippen molar-refractivity contribution in [3.8, 4) is 11.5 Å². The van der Waals surface area contributed by atoms with Crippen LogP contribution in [0.2, 0.25) is 0 Å². The summed E-state index contributed by atoms with van der Waals surface area (Å²) >= 11 is 0. The van der Waals surface area contributed by atoms with Gasteiger partial charge in [-0.1, -0.05) is 0 Å². The van der Waals surface area contributed by atoms with Crippen molar-refractivity contribution in [2.75, 3.05) is 27.3 Å². The van der Waals surface area contributed by atoms with Crippen molar-refractivity contribution in [2.24, 2.45) is 5.73 Å². The molecule has 0 unspecified atom stereocenters. The van der Waals surface area contributed by atoms with Crippen LogP contribution in [0.1, 0.15) is 40.7 Å². The third-order valence-electron chi connectivity index (χ3n) is 3.92. The van der Waals surface area contributed by atoms with Crippen LogP contribution in [-0.2, 0) is 11.3 Å². The third kappa shape index (κ3) is 8.48. The topological polar surface area (TPSA) is 115 Å². The van der Waals surface area contributed by atoms with E-state index in [1.165, 1.54) is 0 Å². The Balaban J connectivity index is 0.00000103. The van der Waals surface area contributed by atoms with E-state index in [2.05, 4.69) is 4.98 Å². The molecule has 8 nitrogen and oxygen atoms in total. The van der Waals surface area contributed by atoms with Crippen LogP contribution in [0.4, 0.5) is 0 Å². The van der Waals surface area contributed by atoms with Gasteiger partial charge in [-0.05, 0) is 62.7 Å². The second-order valence-corrected chi connectivity index (χ2v) is 6.81. The van der Waals surface area contributed by atoms with Gasteiger partial charge in [-0.3, -0.25) is 14.6 Å². The Labute approximate surface area is 177 Å². The number of rotatable bonds is 8. The first-order chi connectivity index (χ1) is 14.2. The molecule has 0 aliphatic carbocycles.